The Morgan fingerprint density at radius 3 is 1.83 bits per heavy atom. The topological polar surface area (TPSA) is 152 Å². The van der Waals surface area contributed by atoms with Gasteiger partial charge in [-0.05, 0) is 59.8 Å². The van der Waals surface area contributed by atoms with E-state index in [0.717, 1.165) is 0 Å². The molecule has 5 N–H and O–H groups in total. The van der Waals surface area contributed by atoms with Crippen LogP contribution in [0, 0.1) is 5.92 Å². The molecule has 0 fully saturated rings. The first kappa shape index (κ1) is 20.5. The van der Waals surface area contributed by atoms with E-state index < -0.39 is 47.3 Å². The average Bonchev–Trinajstić information content (AvgIpc) is 2.48. The first-order valence-corrected chi connectivity index (χ1v) is 8.34. The summed E-state index contributed by atoms with van der Waals surface area (Å²) in [6.07, 6.45) is -0.160. The third-order valence-corrected chi connectivity index (χ3v) is 6.00. The van der Waals surface area contributed by atoms with Crippen LogP contribution in [0.15, 0.2) is 25.1 Å². The van der Waals surface area contributed by atoms with Crippen molar-refractivity contribution in [3.8, 4) is 11.5 Å². The normalized spacial score (nSPS) is 12.7. The van der Waals surface area contributed by atoms with Gasteiger partial charge >= 0.3 is 17.9 Å². The molecule has 1 rings (SSSR count). The molecule has 0 bridgehead atoms. The first-order chi connectivity index (χ1) is 11.0. The Morgan fingerprint density at radius 1 is 0.917 bits per heavy atom. The van der Waals surface area contributed by atoms with E-state index in [0.29, 0.717) is 6.08 Å². The molecule has 1 atom stereocenters. The van der Waals surface area contributed by atoms with Gasteiger partial charge in [0.15, 0.2) is 11.5 Å². The fourth-order valence-corrected chi connectivity index (χ4v) is 3.63. The highest BCUT2D eigenvalue weighted by Crippen LogP contribution is 2.47. The number of carboxylic acids is 3. The van der Waals surface area contributed by atoms with Gasteiger partial charge in [0.1, 0.15) is 0 Å². The maximum absolute atomic E-state index is 11.4. The molecule has 1 unspecified atom stereocenters. The number of phenolic OH excluding ortho intramolecular Hbond substituents is 2. The molecule has 24 heavy (non-hydrogen) atoms. The van der Waals surface area contributed by atoms with Gasteiger partial charge in [-0.1, -0.05) is 0 Å². The van der Waals surface area contributed by atoms with E-state index in [9.17, 15) is 29.7 Å². The molecular weight excluding hydrogens is 524 g/mol. The van der Waals surface area contributed by atoms with Gasteiger partial charge in [-0.15, -0.1) is 0 Å². The Morgan fingerprint density at radius 2 is 1.42 bits per heavy atom. The second kappa shape index (κ2) is 7.99. The summed E-state index contributed by atoms with van der Waals surface area (Å²) < 4.78 is 0.152. The lowest BCUT2D eigenvalue weighted by Crippen LogP contribution is -2.25. The summed E-state index contributed by atoms with van der Waals surface area (Å²) >= 11 is 9.10. The molecule has 1 aromatic rings. The van der Waals surface area contributed by atoms with Crippen LogP contribution in [0.25, 0.3) is 0 Å². The van der Waals surface area contributed by atoms with Crippen molar-refractivity contribution < 1.29 is 39.9 Å². The van der Waals surface area contributed by atoms with Gasteiger partial charge in [0, 0.05) is 10.5 Å². The Hall–Kier alpha value is -1.59. The number of halogens is 3. The molecule has 11 heteroatoms. The van der Waals surface area contributed by atoms with Crippen molar-refractivity contribution >= 4 is 65.7 Å². The average molecular weight is 533 g/mol. The van der Waals surface area contributed by atoms with E-state index in [-0.39, 0.29) is 19.0 Å². The third-order valence-electron chi connectivity index (χ3n) is 2.97. The van der Waals surface area contributed by atoms with E-state index in [4.69, 9.17) is 10.2 Å². The lowest BCUT2D eigenvalue weighted by atomic mass is 9.91. The highest BCUT2D eigenvalue weighted by atomic mass is 79.9. The maximum Gasteiger partial charge on any atom is 0.332 e. The zero-order valence-electron chi connectivity index (χ0n) is 11.5. The van der Waals surface area contributed by atoms with Crippen LogP contribution in [0.4, 0.5) is 0 Å². The molecule has 8 nitrogen and oxygen atoms in total. The van der Waals surface area contributed by atoms with Crippen molar-refractivity contribution in [3.05, 3.63) is 30.6 Å². The molecular formula is C13H9Br3O8. The zero-order chi connectivity index (χ0) is 18.8. The van der Waals surface area contributed by atoms with E-state index >= 15 is 0 Å². The van der Waals surface area contributed by atoms with Gasteiger partial charge in [-0.25, -0.2) is 9.59 Å². The lowest BCUT2D eigenvalue weighted by molar-refractivity contribution is -0.144. The van der Waals surface area contributed by atoms with Crippen LogP contribution in [0.3, 0.4) is 0 Å². The van der Waals surface area contributed by atoms with Gasteiger partial charge in [-0.3, -0.25) is 4.79 Å². The van der Waals surface area contributed by atoms with Crippen molar-refractivity contribution in [3.63, 3.8) is 0 Å². The fourth-order valence-electron chi connectivity index (χ4n) is 1.84. The SMILES string of the molecule is O=C(O)C=C(C(=O)O)C(Cc1c(Br)c(O)c(O)c(Br)c1Br)C(=O)O. The van der Waals surface area contributed by atoms with Crippen LogP contribution in [-0.4, -0.2) is 43.4 Å². The highest BCUT2D eigenvalue weighted by molar-refractivity contribution is 9.13. The third kappa shape index (κ3) is 4.28. The monoisotopic (exact) mass is 530 g/mol. The molecule has 0 aromatic heterocycles. The number of carbonyl (C=O) groups is 3. The number of hydrogen-bond acceptors (Lipinski definition) is 5. The summed E-state index contributed by atoms with van der Waals surface area (Å²) in [6.45, 7) is 0. The van der Waals surface area contributed by atoms with E-state index in [1.54, 1.807) is 0 Å². The smallest absolute Gasteiger partial charge is 0.332 e. The Balaban J connectivity index is 3.51. The second-order valence-corrected chi connectivity index (χ2v) is 6.83. The van der Waals surface area contributed by atoms with Crippen molar-refractivity contribution in [1.29, 1.82) is 0 Å². The molecule has 0 spiro atoms. The number of aromatic hydroxyl groups is 2. The highest BCUT2D eigenvalue weighted by Gasteiger charge is 2.31. The second-order valence-electron chi connectivity index (χ2n) is 4.46. The minimum absolute atomic E-state index is 0.0291. The molecule has 0 aliphatic carbocycles. The molecule has 0 radical (unpaired) electrons. The van der Waals surface area contributed by atoms with E-state index in [1.165, 1.54) is 0 Å². The van der Waals surface area contributed by atoms with Crippen molar-refractivity contribution in [1.82, 2.24) is 0 Å². The number of hydrogen-bond donors (Lipinski definition) is 5. The van der Waals surface area contributed by atoms with Crippen LogP contribution in [0.1, 0.15) is 5.56 Å². The van der Waals surface area contributed by atoms with Crippen molar-refractivity contribution in [2.24, 2.45) is 5.92 Å². The Bertz CT molecular complexity index is 727. The number of rotatable bonds is 6. The van der Waals surface area contributed by atoms with Gasteiger partial charge in [-0.2, -0.15) is 0 Å². The predicted molar refractivity (Wildman–Crippen MR) is 91.1 cm³/mol. The molecule has 0 saturated carbocycles. The number of aliphatic carboxylic acids is 3. The summed E-state index contributed by atoms with van der Waals surface area (Å²) in [6, 6.07) is 0. The summed E-state index contributed by atoms with van der Waals surface area (Å²) in [5, 5.41) is 46.6. The summed E-state index contributed by atoms with van der Waals surface area (Å²) in [5.74, 6) is -7.66. The van der Waals surface area contributed by atoms with Crippen LogP contribution >= 0.6 is 47.8 Å². The van der Waals surface area contributed by atoms with Gasteiger partial charge in [0.25, 0.3) is 0 Å². The van der Waals surface area contributed by atoms with Crippen LogP contribution in [-0.2, 0) is 20.8 Å². The predicted octanol–water partition coefficient (Wildman–Crippen LogP) is 2.72. The van der Waals surface area contributed by atoms with Crippen LogP contribution in [0.5, 0.6) is 11.5 Å². The molecule has 0 heterocycles. The first-order valence-electron chi connectivity index (χ1n) is 5.96. The summed E-state index contributed by atoms with van der Waals surface area (Å²) in [5.41, 5.74) is -0.709. The molecule has 0 amide bonds. The molecule has 130 valence electrons. The molecule has 1 aromatic carbocycles. The summed E-state index contributed by atoms with van der Waals surface area (Å²) in [4.78, 5) is 33.4. The zero-order valence-corrected chi connectivity index (χ0v) is 16.2. The fraction of sp³-hybridized carbons (Fsp3) is 0.154. The van der Waals surface area contributed by atoms with Crippen LogP contribution < -0.4 is 0 Å². The molecule has 0 saturated heterocycles. The molecule has 0 aliphatic rings. The maximum atomic E-state index is 11.4. The summed E-state index contributed by atoms with van der Waals surface area (Å²) in [7, 11) is 0. The van der Waals surface area contributed by atoms with E-state index in [1.807, 2.05) is 0 Å². The van der Waals surface area contributed by atoms with Crippen LogP contribution in [0.2, 0.25) is 0 Å². The molecule has 0 aliphatic heterocycles. The van der Waals surface area contributed by atoms with Gasteiger partial charge in [0.2, 0.25) is 0 Å². The van der Waals surface area contributed by atoms with Crippen molar-refractivity contribution in [2.45, 2.75) is 6.42 Å². The van der Waals surface area contributed by atoms with E-state index in [2.05, 4.69) is 47.8 Å². The van der Waals surface area contributed by atoms with Gasteiger partial charge in [0.05, 0.1) is 20.4 Å². The van der Waals surface area contributed by atoms with Crippen molar-refractivity contribution in [2.75, 3.05) is 0 Å². The number of benzene rings is 1. The Kier molecular flexibility index (Phi) is 6.81. The van der Waals surface area contributed by atoms with Gasteiger partial charge < -0.3 is 25.5 Å². The Labute approximate surface area is 159 Å². The number of phenols is 2. The minimum atomic E-state index is -1.71. The standard InChI is InChI=1S/C13H9Br3O8/c14-7-5(8(15)10(19)11(20)9(7)16)1-3(12(21)22)4(13(23)24)2-6(17)18/h2-3,19-20H,1H2,(H,17,18)(H,21,22)(H,23,24). The minimum Gasteiger partial charge on any atom is -0.503 e. The largest absolute Gasteiger partial charge is 0.503 e. The quantitative estimate of drug-likeness (QED) is 0.213. The number of carboxylic acid groups (broad SMARTS) is 3. The lowest BCUT2D eigenvalue weighted by Gasteiger charge is -2.17.